The van der Waals surface area contributed by atoms with Crippen LogP contribution in [0.3, 0.4) is 0 Å². The van der Waals surface area contributed by atoms with Crippen LogP contribution in [0.1, 0.15) is 70.3 Å². The largest absolute Gasteiger partial charge is 0.305 e. The second kappa shape index (κ2) is 6.94. The summed E-state index contributed by atoms with van der Waals surface area (Å²) in [5.41, 5.74) is 3.93. The smallest absolute Gasteiger partial charge is 0.265 e. The first-order valence-electron chi connectivity index (χ1n) is 10.8. The van der Waals surface area contributed by atoms with Gasteiger partial charge in [0.2, 0.25) is 0 Å². The molecule has 1 aliphatic carbocycles. The van der Waals surface area contributed by atoms with Crippen LogP contribution in [0.15, 0.2) is 29.1 Å². The van der Waals surface area contributed by atoms with E-state index in [-0.39, 0.29) is 11.6 Å². The summed E-state index contributed by atoms with van der Waals surface area (Å²) < 4.78 is 4.04. The molecular formula is C23H27N5O. The fourth-order valence-electron chi connectivity index (χ4n) is 4.82. The van der Waals surface area contributed by atoms with Gasteiger partial charge in [-0.05, 0) is 45.2 Å². The highest BCUT2D eigenvalue weighted by Crippen LogP contribution is 2.35. The lowest BCUT2D eigenvalue weighted by molar-refractivity contribution is 0.364. The molecule has 0 aliphatic heterocycles. The number of benzene rings is 1. The molecule has 5 rings (SSSR count). The van der Waals surface area contributed by atoms with E-state index in [0.29, 0.717) is 16.9 Å². The normalized spacial score (nSPS) is 16.8. The Morgan fingerprint density at radius 1 is 1.03 bits per heavy atom. The summed E-state index contributed by atoms with van der Waals surface area (Å²) in [6.45, 7) is 6.11. The molecule has 29 heavy (non-hydrogen) atoms. The van der Waals surface area contributed by atoms with Crippen LogP contribution in [0.5, 0.6) is 0 Å². The number of aromatic nitrogens is 5. The zero-order valence-corrected chi connectivity index (χ0v) is 17.4. The van der Waals surface area contributed by atoms with Crippen molar-refractivity contribution in [1.29, 1.82) is 0 Å². The quantitative estimate of drug-likeness (QED) is 0.490. The van der Waals surface area contributed by atoms with Crippen molar-refractivity contribution in [1.82, 2.24) is 24.1 Å². The van der Waals surface area contributed by atoms with Crippen molar-refractivity contribution in [3.05, 3.63) is 40.4 Å². The Kier molecular flexibility index (Phi) is 4.37. The van der Waals surface area contributed by atoms with Gasteiger partial charge in [0, 0.05) is 12.1 Å². The maximum absolute atomic E-state index is 13.6. The number of rotatable bonds is 3. The van der Waals surface area contributed by atoms with Crippen LogP contribution in [-0.2, 0) is 0 Å². The molecule has 1 aliphatic rings. The molecule has 3 heterocycles. The van der Waals surface area contributed by atoms with E-state index in [1.54, 1.807) is 0 Å². The van der Waals surface area contributed by atoms with Gasteiger partial charge in [-0.15, -0.1) is 0 Å². The Labute approximate surface area is 169 Å². The summed E-state index contributed by atoms with van der Waals surface area (Å²) in [6, 6.07) is 8.31. The number of para-hydroxylation sites is 2. The zero-order valence-electron chi connectivity index (χ0n) is 17.4. The van der Waals surface area contributed by atoms with Crippen molar-refractivity contribution in [2.75, 3.05) is 0 Å². The molecule has 6 heteroatoms. The van der Waals surface area contributed by atoms with Gasteiger partial charge < -0.3 is 4.57 Å². The van der Waals surface area contributed by atoms with Gasteiger partial charge in [-0.1, -0.05) is 38.3 Å². The zero-order chi connectivity index (χ0) is 20.1. The van der Waals surface area contributed by atoms with Crippen molar-refractivity contribution in [2.24, 2.45) is 0 Å². The van der Waals surface area contributed by atoms with Gasteiger partial charge in [0.05, 0.1) is 11.0 Å². The molecular weight excluding hydrogens is 362 g/mol. The summed E-state index contributed by atoms with van der Waals surface area (Å²) in [5.74, 6) is 0.765. The van der Waals surface area contributed by atoms with Gasteiger partial charge >= 0.3 is 0 Å². The maximum Gasteiger partial charge on any atom is 0.265 e. The Bertz CT molecular complexity index is 1280. The molecule has 0 unspecified atom stereocenters. The fourth-order valence-corrected chi connectivity index (χ4v) is 4.82. The van der Waals surface area contributed by atoms with E-state index in [4.69, 9.17) is 15.0 Å². The minimum atomic E-state index is 0.00555. The number of fused-ring (bicyclic) bond motifs is 4. The van der Waals surface area contributed by atoms with Crippen LogP contribution < -0.4 is 5.56 Å². The Hall–Kier alpha value is -2.76. The molecule has 0 N–H and O–H groups in total. The lowest BCUT2D eigenvalue weighted by atomic mass is 9.95. The molecule has 150 valence electrons. The molecule has 0 radical (unpaired) electrons. The van der Waals surface area contributed by atoms with Crippen LogP contribution in [-0.4, -0.2) is 24.1 Å². The highest BCUT2D eigenvalue weighted by molar-refractivity contribution is 6.04. The lowest BCUT2D eigenvalue weighted by Crippen LogP contribution is -2.27. The van der Waals surface area contributed by atoms with E-state index in [2.05, 4.69) is 18.4 Å². The lowest BCUT2D eigenvalue weighted by Gasteiger charge is -2.24. The highest BCUT2D eigenvalue weighted by Gasteiger charge is 2.27. The summed E-state index contributed by atoms with van der Waals surface area (Å²) >= 11 is 0. The van der Waals surface area contributed by atoms with Gasteiger partial charge in [-0.3, -0.25) is 9.36 Å². The molecule has 3 aromatic heterocycles. The third kappa shape index (κ3) is 2.76. The van der Waals surface area contributed by atoms with Crippen molar-refractivity contribution in [3.63, 3.8) is 0 Å². The van der Waals surface area contributed by atoms with Crippen LogP contribution in [0.25, 0.3) is 33.2 Å². The molecule has 6 nitrogen and oxygen atoms in total. The molecule has 1 saturated carbocycles. The molecule has 0 bridgehead atoms. The first-order chi connectivity index (χ1) is 14.1. The minimum Gasteiger partial charge on any atom is -0.305 e. The highest BCUT2D eigenvalue weighted by atomic mass is 16.1. The van der Waals surface area contributed by atoms with Crippen molar-refractivity contribution < 1.29 is 0 Å². The number of hydrogen-bond acceptors (Lipinski definition) is 4. The summed E-state index contributed by atoms with van der Waals surface area (Å²) in [7, 11) is 0. The van der Waals surface area contributed by atoms with Gasteiger partial charge in [-0.25, -0.2) is 15.0 Å². The number of aryl methyl sites for hydroxylation is 1. The first kappa shape index (κ1) is 18.3. The third-order valence-corrected chi connectivity index (χ3v) is 6.49. The summed E-state index contributed by atoms with van der Waals surface area (Å²) in [5, 5.41) is 0.620. The maximum atomic E-state index is 13.6. The van der Waals surface area contributed by atoms with Crippen LogP contribution in [0.2, 0.25) is 0 Å². The van der Waals surface area contributed by atoms with E-state index >= 15 is 0 Å². The monoisotopic (exact) mass is 389 g/mol. The van der Waals surface area contributed by atoms with E-state index in [1.807, 2.05) is 35.8 Å². The molecule has 4 aromatic rings. The molecule has 0 spiro atoms. The standard InChI is InChI=1S/C23H27N5O/c1-4-14(2)27-15(3)24-21-19(23(27)29)20-22(28(21)16-10-6-5-7-11-16)26-18-13-9-8-12-17(18)25-20/h8-9,12-14,16H,4-7,10-11H2,1-3H3/t14-/m1/s1. The van der Waals surface area contributed by atoms with Crippen molar-refractivity contribution in [2.45, 2.75) is 71.4 Å². The summed E-state index contributed by atoms with van der Waals surface area (Å²) in [4.78, 5) is 28.5. The predicted molar refractivity (Wildman–Crippen MR) is 116 cm³/mol. The van der Waals surface area contributed by atoms with E-state index in [9.17, 15) is 4.79 Å². The van der Waals surface area contributed by atoms with E-state index in [0.717, 1.165) is 47.4 Å². The molecule has 1 atom stereocenters. The van der Waals surface area contributed by atoms with Gasteiger partial charge in [0.15, 0.2) is 11.3 Å². The third-order valence-electron chi connectivity index (χ3n) is 6.49. The average molecular weight is 390 g/mol. The topological polar surface area (TPSA) is 65.6 Å². The van der Waals surface area contributed by atoms with Crippen LogP contribution in [0.4, 0.5) is 0 Å². The minimum absolute atomic E-state index is 0.00555. The second-order valence-corrected chi connectivity index (χ2v) is 8.34. The predicted octanol–water partition coefficient (Wildman–Crippen LogP) is 5.08. The molecule has 0 saturated heterocycles. The van der Waals surface area contributed by atoms with Crippen molar-refractivity contribution in [3.8, 4) is 0 Å². The van der Waals surface area contributed by atoms with Gasteiger partial charge in [0.25, 0.3) is 5.56 Å². The summed E-state index contributed by atoms with van der Waals surface area (Å²) in [6.07, 6.45) is 6.76. The van der Waals surface area contributed by atoms with Crippen LogP contribution >= 0.6 is 0 Å². The average Bonchev–Trinajstić information content (AvgIpc) is 3.05. The Morgan fingerprint density at radius 3 is 2.41 bits per heavy atom. The fraction of sp³-hybridized carbons (Fsp3) is 0.478. The first-order valence-corrected chi connectivity index (χ1v) is 10.8. The van der Waals surface area contributed by atoms with Gasteiger partial charge in [0.1, 0.15) is 16.7 Å². The molecule has 1 aromatic carbocycles. The SMILES string of the molecule is CC[C@@H](C)n1c(C)nc2c(c1=O)c1nc3ccccc3nc1n2C1CCCCC1. The number of nitrogens with zero attached hydrogens (tertiary/aromatic N) is 5. The second-order valence-electron chi connectivity index (χ2n) is 8.34. The Balaban J connectivity index is 1.94. The van der Waals surface area contributed by atoms with Crippen molar-refractivity contribution >= 4 is 33.2 Å². The van der Waals surface area contributed by atoms with E-state index < -0.39 is 0 Å². The molecule has 1 fully saturated rings. The van der Waals surface area contributed by atoms with E-state index in [1.165, 1.54) is 19.3 Å². The van der Waals surface area contributed by atoms with Gasteiger partial charge in [-0.2, -0.15) is 0 Å². The number of hydrogen-bond donors (Lipinski definition) is 0. The van der Waals surface area contributed by atoms with Crippen LogP contribution in [0, 0.1) is 6.92 Å². The Morgan fingerprint density at radius 2 is 1.72 bits per heavy atom. The molecule has 0 amide bonds.